The van der Waals surface area contributed by atoms with E-state index in [-0.39, 0.29) is 11.0 Å². The fourth-order valence-corrected chi connectivity index (χ4v) is 2.45. The van der Waals surface area contributed by atoms with Gasteiger partial charge in [-0.15, -0.1) is 0 Å². The van der Waals surface area contributed by atoms with Gasteiger partial charge in [0.1, 0.15) is 5.75 Å². The highest BCUT2D eigenvalue weighted by Gasteiger charge is 2.09. The maximum Gasteiger partial charge on any atom is 0.288 e. The van der Waals surface area contributed by atoms with Crippen molar-refractivity contribution in [2.75, 3.05) is 5.32 Å². The van der Waals surface area contributed by atoms with Gasteiger partial charge in [-0.2, -0.15) is 0 Å². The molecule has 19 heavy (non-hydrogen) atoms. The summed E-state index contributed by atoms with van der Waals surface area (Å²) in [5.74, 6) is 0.173. The molecule has 0 aromatic heterocycles. The molecule has 98 valence electrons. The highest BCUT2D eigenvalue weighted by molar-refractivity contribution is 8.13. The zero-order valence-corrected chi connectivity index (χ0v) is 11.8. The molecule has 1 amide bonds. The van der Waals surface area contributed by atoms with Crippen LogP contribution in [0.2, 0.25) is 5.02 Å². The van der Waals surface area contributed by atoms with Crippen LogP contribution in [0, 0.1) is 6.92 Å². The minimum Gasteiger partial charge on any atom is -0.508 e. The van der Waals surface area contributed by atoms with Crippen LogP contribution in [0.25, 0.3) is 0 Å². The van der Waals surface area contributed by atoms with Crippen molar-refractivity contribution in [3.05, 3.63) is 53.1 Å². The van der Waals surface area contributed by atoms with E-state index in [0.29, 0.717) is 10.7 Å². The van der Waals surface area contributed by atoms with E-state index in [2.05, 4.69) is 5.32 Å². The van der Waals surface area contributed by atoms with E-state index < -0.39 is 0 Å². The molecule has 0 spiro atoms. The Labute approximate surface area is 120 Å². The molecule has 2 rings (SSSR count). The third kappa shape index (κ3) is 3.66. The largest absolute Gasteiger partial charge is 0.508 e. The average molecular weight is 294 g/mol. The van der Waals surface area contributed by atoms with Gasteiger partial charge in [-0.25, -0.2) is 0 Å². The van der Waals surface area contributed by atoms with Crippen molar-refractivity contribution in [1.29, 1.82) is 0 Å². The van der Waals surface area contributed by atoms with Gasteiger partial charge in [0.25, 0.3) is 5.24 Å². The summed E-state index contributed by atoms with van der Waals surface area (Å²) < 4.78 is 0. The molecular weight excluding hydrogens is 282 g/mol. The minimum absolute atomic E-state index is 0.173. The number of amides is 1. The summed E-state index contributed by atoms with van der Waals surface area (Å²) in [6.07, 6.45) is 0. The highest BCUT2D eigenvalue weighted by Crippen LogP contribution is 2.28. The number of phenols is 1. The van der Waals surface area contributed by atoms with E-state index in [1.807, 2.05) is 19.1 Å². The van der Waals surface area contributed by atoms with E-state index in [9.17, 15) is 9.90 Å². The van der Waals surface area contributed by atoms with Gasteiger partial charge in [-0.05, 0) is 54.6 Å². The number of hydrogen-bond donors (Lipinski definition) is 2. The minimum atomic E-state index is -0.220. The summed E-state index contributed by atoms with van der Waals surface area (Å²) in [5.41, 5.74) is 1.53. The first kappa shape index (κ1) is 13.8. The summed E-state index contributed by atoms with van der Waals surface area (Å²) in [7, 11) is 0. The number of carbonyl (C=O) groups excluding carboxylic acids is 1. The highest BCUT2D eigenvalue weighted by atomic mass is 35.5. The van der Waals surface area contributed by atoms with Crippen LogP contribution in [0.1, 0.15) is 5.56 Å². The lowest BCUT2D eigenvalue weighted by molar-refractivity contribution is 0.269. The molecule has 0 atom stereocenters. The summed E-state index contributed by atoms with van der Waals surface area (Å²) in [6, 6.07) is 11.9. The van der Waals surface area contributed by atoms with Crippen LogP contribution >= 0.6 is 23.4 Å². The number of thioether (sulfide) groups is 1. The van der Waals surface area contributed by atoms with Gasteiger partial charge < -0.3 is 10.4 Å². The number of para-hydroxylation sites is 1. The van der Waals surface area contributed by atoms with Crippen molar-refractivity contribution in [2.45, 2.75) is 11.8 Å². The second kappa shape index (κ2) is 5.99. The number of phenolic OH excluding ortho intramolecular Hbond substituents is 1. The lowest BCUT2D eigenvalue weighted by Gasteiger charge is -2.09. The number of hydrogen-bond acceptors (Lipinski definition) is 3. The van der Waals surface area contributed by atoms with Gasteiger partial charge in [0, 0.05) is 4.90 Å². The molecule has 2 aromatic carbocycles. The molecular formula is C14H12ClNO2S. The number of aryl methyl sites for hydroxylation is 1. The van der Waals surface area contributed by atoms with Crippen LogP contribution in [0.5, 0.6) is 5.75 Å². The summed E-state index contributed by atoms with van der Waals surface area (Å²) in [5, 5.41) is 12.2. The van der Waals surface area contributed by atoms with Crippen LogP contribution < -0.4 is 5.32 Å². The molecule has 0 unspecified atom stereocenters. The average Bonchev–Trinajstić information content (AvgIpc) is 2.37. The number of halogens is 1. The Balaban J connectivity index is 2.07. The second-order valence-electron chi connectivity index (χ2n) is 3.94. The predicted molar refractivity (Wildman–Crippen MR) is 79.2 cm³/mol. The molecule has 0 aliphatic rings. The lowest BCUT2D eigenvalue weighted by atomic mass is 10.2. The van der Waals surface area contributed by atoms with Gasteiger partial charge in [0.2, 0.25) is 0 Å². The summed E-state index contributed by atoms with van der Waals surface area (Å²) in [4.78, 5) is 12.7. The van der Waals surface area contributed by atoms with Gasteiger partial charge in [-0.1, -0.05) is 23.7 Å². The third-order valence-corrected chi connectivity index (χ3v) is 3.61. The number of rotatable bonds is 2. The summed E-state index contributed by atoms with van der Waals surface area (Å²) in [6.45, 7) is 1.88. The Kier molecular flexibility index (Phi) is 4.35. The number of anilines is 1. The van der Waals surface area contributed by atoms with Gasteiger partial charge in [0.15, 0.2) is 0 Å². The zero-order chi connectivity index (χ0) is 13.8. The van der Waals surface area contributed by atoms with E-state index in [0.717, 1.165) is 22.2 Å². The number of aromatic hydroxyl groups is 1. The molecule has 5 heteroatoms. The van der Waals surface area contributed by atoms with Crippen LogP contribution in [-0.2, 0) is 0 Å². The first-order valence-electron chi connectivity index (χ1n) is 5.59. The Bertz CT molecular complexity index is 579. The molecule has 0 fully saturated rings. The molecule has 2 N–H and O–H groups in total. The molecule has 2 aromatic rings. The number of carbonyl (C=O) groups is 1. The topological polar surface area (TPSA) is 49.3 Å². The molecule has 0 radical (unpaired) electrons. The number of nitrogens with one attached hydrogen (secondary N) is 1. The van der Waals surface area contributed by atoms with Crippen molar-refractivity contribution in [1.82, 2.24) is 0 Å². The van der Waals surface area contributed by atoms with Crippen molar-refractivity contribution in [3.63, 3.8) is 0 Å². The molecule has 0 saturated heterocycles. The van der Waals surface area contributed by atoms with Crippen molar-refractivity contribution in [2.24, 2.45) is 0 Å². The predicted octanol–water partition coefficient (Wildman–Crippen LogP) is 4.68. The van der Waals surface area contributed by atoms with E-state index in [1.54, 1.807) is 18.2 Å². The van der Waals surface area contributed by atoms with Gasteiger partial charge in [0.05, 0.1) is 10.7 Å². The fraction of sp³-hybridized carbons (Fsp3) is 0.0714. The van der Waals surface area contributed by atoms with Gasteiger partial charge >= 0.3 is 0 Å². The Morgan fingerprint density at radius 3 is 2.53 bits per heavy atom. The van der Waals surface area contributed by atoms with E-state index >= 15 is 0 Å². The first-order chi connectivity index (χ1) is 9.06. The third-order valence-electron chi connectivity index (χ3n) is 2.50. The molecule has 0 bridgehead atoms. The molecule has 0 aliphatic heterocycles. The Hall–Kier alpha value is -1.65. The quantitative estimate of drug-likeness (QED) is 0.791. The maximum atomic E-state index is 11.9. The first-order valence-corrected chi connectivity index (χ1v) is 6.78. The van der Waals surface area contributed by atoms with Crippen molar-refractivity contribution >= 4 is 34.3 Å². The van der Waals surface area contributed by atoms with Crippen molar-refractivity contribution in [3.8, 4) is 5.75 Å². The lowest BCUT2D eigenvalue weighted by Crippen LogP contribution is -2.06. The molecule has 0 aliphatic carbocycles. The molecule has 0 heterocycles. The van der Waals surface area contributed by atoms with Crippen LogP contribution in [0.3, 0.4) is 0 Å². The van der Waals surface area contributed by atoms with E-state index in [1.165, 1.54) is 12.1 Å². The van der Waals surface area contributed by atoms with E-state index in [4.69, 9.17) is 11.6 Å². The monoisotopic (exact) mass is 293 g/mol. The maximum absolute atomic E-state index is 11.9. The standard InChI is InChI=1S/C14H12ClNO2S/c1-9-3-2-4-12(15)13(9)16-14(18)19-11-7-5-10(17)6-8-11/h2-8,17H,1H3,(H,16,18). The summed E-state index contributed by atoms with van der Waals surface area (Å²) >= 11 is 7.09. The Morgan fingerprint density at radius 2 is 1.89 bits per heavy atom. The molecule has 3 nitrogen and oxygen atoms in total. The SMILES string of the molecule is Cc1cccc(Cl)c1NC(=O)Sc1ccc(O)cc1. The zero-order valence-electron chi connectivity index (χ0n) is 10.2. The van der Waals surface area contributed by atoms with Gasteiger partial charge in [-0.3, -0.25) is 4.79 Å². The molecule has 0 saturated carbocycles. The van der Waals surface area contributed by atoms with Crippen molar-refractivity contribution < 1.29 is 9.90 Å². The Morgan fingerprint density at radius 1 is 1.21 bits per heavy atom. The fourth-order valence-electron chi connectivity index (χ4n) is 1.54. The normalized spacial score (nSPS) is 10.2. The number of benzene rings is 2. The van der Waals surface area contributed by atoms with Crippen LogP contribution in [0.4, 0.5) is 10.5 Å². The smallest absolute Gasteiger partial charge is 0.288 e. The second-order valence-corrected chi connectivity index (χ2v) is 5.39. The van der Waals surface area contributed by atoms with Crippen LogP contribution in [-0.4, -0.2) is 10.3 Å². The van der Waals surface area contributed by atoms with Crippen LogP contribution in [0.15, 0.2) is 47.4 Å².